The number of rotatable bonds is 9. The molecule has 2 aromatic carbocycles. The Morgan fingerprint density at radius 1 is 1.15 bits per heavy atom. The molecule has 2 aromatic heterocycles. The molecule has 0 atom stereocenters. The number of carbonyl (C=O) groups is 1. The van der Waals surface area contributed by atoms with Crippen LogP contribution in [0.3, 0.4) is 0 Å². The Morgan fingerprint density at radius 3 is 2.82 bits per heavy atom. The maximum atomic E-state index is 12.7. The van der Waals surface area contributed by atoms with Gasteiger partial charge in [-0.25, -0.2) is 0 Å². The molecule has 0 radical (unpaired) electrons. The number of hydrogen-bond acceptors (Lipinski definition) is 5. The summed E-state index contributed by atoms with van der Waals surface area (Å²) in [6.07, 6.45) is 5.49. The lowest BCUT2D eigenvalue weighted by Gasteiger charge is -2.13. The van der Waals surface area contributed by atoms with Crippen LogP contribution in [0.15, 0.2) is 71.1 Å². The number of thiazole rings is 1. The second-order valence-electron chi connectivity index (χ2n) is 7.71. The number of hydrogen-bond donors (Lipinski definition) is 1. The van der Waals surface area contributed by atoms with Crippen LogP contribution in [-0.4, -0.2) is 33.9 Å². The van der Waals surface area contributed by atoms with E-state index in [0.717, 1.165) is 47.5 Å². The molecular weight excluding hydrogens is 436 g/mol. The van der Waals surface area contributed by atoms with E-state index in [2.05, 4.69) is 10.4 Å². The van der Waals surface area contributed by atoms with E-state index in [1.54, 1.807) is 23.9 Å². The van der Waals surface area contributed by atoms with E-state index in [1.165, 1.54) is 0 Å². The fourth-order valence-corrected chi connectivity index (χ4v) is 4.42. The Morgan fingerprint density at radius 2 is 2.03 bits per heavy atom. The lowest BCUT2D eigenvalue weighted by atomic mass is 10.1. The van der Waals surface area contributed by atoms with Crippen LogP contribution in [0.5, 0.6) is 5.75 Å². The number of nitrogens with one attached hydrogen (secondary N) is 1. The van der Waals surface area contributed by atoms with E-state index in [4.69, 9.17) is 4.74 Å². The quantitative estimate of drug-likeness (QED) is 0.377. The van der Waals surface area contributed by atoms with Crippen LogP contribution < -0.4 is 14.9 Å². The monoisotopic (exact) mass is 462 g/mol. The number of nitrogens with zero attached hydrogens (tertiary/aromatic N) is 3. The zero-order valence-electron chi connectivity index (χ0n) is 18.7. The highest BCUT2D eigenvalue weighted by atomic mass is 32.1. The van der Waals surface area contributed by atoms with E-state index < -0.39 is 0 Å². The van der Waals surface area contributed by atoms with Gasteiger partial charge in [0.15, 0.2) is 0 Å². The first-order valence-electron chi connectivity index (χ1n) is 10.8. The largest absolute Gasteiger partial charge is 0.495 e. The molecule has 0 aliphatic carbocycles. The molecule has 7 nitrogen and oxygen atoms in total. The summed E-state index contributed by atoms with van der Waals surface area (Å²) >= 11 is 1.12. The third-order valence-corrected chi connectivity index (χ3v) is 6.08. The van der Waals surface area contributed by atoms with Crippen molar-refractivity contribution in [1.29, 1.82) is 0 Å². The van der Waals surface area contributed by atoms with Gasteiger partial charge in [-0.2, -0.15) is 5.10 Å². The lowest BCUT2D eigenvalue weighted by Crippen LogP contribution is -2.24. The van der Waals surface area contributed by atoms with Gasteiger partial charge in [0, 0.05) is 42.0 Å². The number of carbonyl (C=O) groups excluding carboxylic acids is 1. The predicted octanol–water partition coefficient (Wildman–Crippen LogP) is 4.29. The standard InChI is InChI=1S/C25H26N4O3S/c1-18-9-10-21(23(15-18)32-2)29-22(17-33-25(29)31)19-7-5-8-20(16-19)24(30)26-11-3-4-13-28-14-6-12-27-28/h5-10,12,14-17H,3-4,11,13H2,1-2H3,(H,26,30). The van der Waals surface area contributed by atoms with E-state index in [0.29, 0.717) is 23.5 Å². The van der Waals surface area contributed by atoms with Crippen LogP contribution in [-0.2, 0) is 6.54 Å². The highest BCUT2D eigenvalue weighted by Crippen LogP contribution is 2.29. The molecule has 0 bridgehead atoms. The van der Waals surface area contributed by atoms with E-state index in [9.17, 15) is 9.59 Å². The van der Waals surface area contributed by atoms with Crippen molar-refractivity contribution in [3.63, 3.8) is 0 Å². The van der Waals surface area contributed by atoms with Crippen molar-refractivity contribution in [2.24, 2.45) is 0 Å². The second-order valence-corrected chi connectivity index (χ2v) is 8.53. The van der Waals surface area contributed by atoms with Crippen LogP contribution in [0.4, 0.5) is 0 Å². The molecule has 8 heteroatoms. The Kier molecular flexibility index (Phi) is 7.04. The van der Waals surface area contributed by atoms with Gasteiger partial charge in [0.1, 0.15) is 5.75 Å². The van der Waals surface area contributed by atoms with Crippen LogP contribution >= 0.6 is 11.3 Å². The first-order chi connectivity index (χ1) is 16.1. The van der Waals surface area contributed by atoms with Gasteiger partial charge in [-0.05, 0) is 55.7 Å². The summed E-state index contributed by atoms with van der Waals surface area (Å²) < 4.78 is 9.04. The maximum absolute atomic E-state index is 12.7. The molecular formula is C25H26N4O3S. The summed E-state index contributed by atoms with van der Waals surface area (Å²) in [7, 11) is 1.59. The fourth-order valence-electron chi connectivity index (χ4n) is 3.66. The molecule has 0 saturated heterocycles. The molecule has 0 aliphatic heterocycles. The minimum Gasteiger partial charge on any atom is -0.495 e. The second kappa shape index (κ2) is 10.3. The number of ether oxygens (including phenoxy) is 1. The number of aryl methyl sites for hydroxylation is 2. The van der Waals surface area contributed by atoms with Crippen LogP contribution in [0.2, 0.25) is 0 Å². The predicted molar refractivity (Wildman–Crippen MR) is 130 cm³/mol. The third kappa shape index (κ3) is 5.23. The fraction of sp³-hybridized carbons (Fsp3) is 0.240. The summed E-state index contributed by atoms with van der Waals surface area (Å²) in [6.45, 7) is 3.40. The van der Waals surface area contributed by atoms with Crippen molar-refractivity contribution in [3.05, 3.63) is 87.1 Å². The molecule has 1 N–H and O–H groups in total. The Labute approximate surface area is 196 Å². The molecule has 2 heterocycles. The lowest BCUT2D eigenvalue weighted by molar-refractivity contribution is 0.0953. The third-order valence-electron chi connectivity index (χ3n) is 5.35. The molecule has 1 amide bonds. The topological polar surface area (TPSA) is 78.2 Å². The SMILES string of the molecule is COc1cc(C)ccc1-n1c(-c2cccc(C(=O)NCCCCn3cccn3)c2)csc1=O. The number of aromatic nitrogens is 3. The summed E-state index contributed by atoms with van der Waals surface area (Å²) in [5.74, 6) is 0.494. The Bertz CT molecular complexity index is 1290. The zero-order chi connectivity index (χ0) is 23.2. The summed E-state index contributed by atoms with van der Waals surface area (Å²) in [6, 6.07) is 15.0. The van der Waals surface area contributed by atoms with Crippen molar-refractivity contribution >= 4 is 17.2 Å². The highest BCUT2D eigenvalue weighted by molar-refractivity contribution is 7.07. The number of benzene rings is 2. The van der Waals surface area contributed by atoms with E-state index >= 15 is 0 Å². The van der Waals surface area contributed by atoms with Crippen molar-refractivity contribution in [2.45, 2.75) is 26.3 Å². The van der Waals surface area contributed by atoms with Gasteiger partial charge in [-0.1, -0.05) is 29.5 Å². The smallest absolute Gasteiger partial charge is 0.312 e. The average molecular weight is 463 g/mol. The molecule has 0 saturated carbocycles. The van der Waals surface area contributed by atoms with E-state index in [1.807, 2.05) is 65.6 Å². The van der Waals surface area contributed by atoms with Gasteiger partial charge in [0.2, 0.25) is 0 Å². The van der Waals surface area contributed by atoms with Gasteiger partial charge >= 0.3 is 4.87 Å². The first kappa shape index (κ1) is 22.5. The molecule has 0 spiro atoms. The van der Waals surface area contributed by atoms with Crippen molar-refractivity contribution < 1.29 is 9.53 Å². The van der Waals surface area contributed by atoms with Gasteiger partial charge in [-0.15, -0.1) is 0 Å². The molecule has 0 fully saturated rings. The number of unbranched alkanes of at least 4 members (excludes halogenated alkanes) is 1. The molecule has 4 rings (SSSR count). The van der Waals surface area contributed by atoms with Crippen molar-refractivity contribution in [2.75, 3.05) is 13.7 Å². The highest BCUT2D eigenvalue weighted by Gasteiger charge is 2.16. The van der Waals surface area contributed by atoms with Gasteiger partial charge < -0.3 is 10.1 Å². The van der Waals surface area contributed by atoms with Crippen LogP contribution in [0.25, 0.3) is 16.9 Å². The van der Waals surface area contributed by atoms with Gasteiger partial charge in [0.25, 0.3) is 5.91 Å². The molecule has 0 aliphatic rings. The first-order valence-corrected chi connectivity index (χ1v) is 11.7. The zero-order valence-corrected chi connectivity index (χ0v) is 19.5. The number of methoxy groups -OCH3 is 1. The normalized spacial score (nSPS) is 10.8. The average Bonchev–Trinajstić information content (AvgIpc) is 3.48. The van der Waals surface area contributed by atoms with Crippen molar-refractivity contribution in [3.8, 4) is 22.7 Å². The summed E-state index contributed by atoms with van der Waals surface area (Å²) in [5, 5.41) is 8.97. The Balaban J connectivity index is 1.49. The number of amides is 1. The van der Waals surface area contributed by atoms with Gasteiger partial charge in [0.05, 0.1) is 18.5 Å². The van der Waals surface area contributed by atoms with E-state index in [-0.39, 0.29) is 10.8 Å². The minimum atomic E-state index is -0.131. The van der Waals surface area contributed by atoms with Gasteiger partial charge in [-0.3, -0.25) is 18.8 Å². The van der Waals surface area contributed by atoms with Crippen LogP contribution in [0.1, 0.15) is 28.8 Å². The molecule has 33 heavy (non-hydrogen) atoms. The Hall–Kier alpha value is -3.65. The van der Waals surface area contributed by atoms with Crippen molar-refractivity contribution in [1.82, 2.24) is 19.7 Å². The molecule has 170 valence electrons. The van der Waals surface area contributed by atoms with Crippen LogP contribution in [0, 0.1) is 6.92 Å². The summed E-state index contributed by atoms with van der Waals surface area (Å²) in [4.78, 5) is 25.3. The maximum Gasteiger partial charge on any atom is 0.312 e. The molecule has 4 aromatic rings. The minimum absolute atomic E-state index is 0.112. The summed E-state index contributed by atoms with van der Waals surface area (Å²) in [5.41, 5.74) is 3.80. The molecule has 0 unspecified atom stereocenters.